The van der Waals surface area contributed by atoms with Gasteiger partial charge in [-0.2, -0.15) is 0 Å². The van der Waals surface area contributed by atoms with Crippen molar-refractivity contribution in [3.05, 3.63) is 234 Å². The molecule has 0 bridgehead atoms. The van der Waals surface area contributed by atoms with E-state index in [9.17, 15) is 0 Å². The molecule has 3 nitrogen and oxygen atoms in total. The van der Waals surface area contributed by atoms with E-state index in [-0.39, 0.29) is 5.41 Å². The van der Waals surface area contributed by atoms with Crippen molar-refractivity contribution < 1.29 is 0 Å². The summed E-state index contributed by atoms with van der Waals surface area (Å²) in [6, 6.07) is 72.9. The summed E-state index contributed by atoms with van der Waals surface area (Å²) >= 11 is 1.81. The van der Waals surface area contributed by atoms with Crippen molar-refractivity contribution in [1.29, 1.82) is 0 Å². The summed E-state index contributed by atoms with van der Waals surface area (Å²) in [4.78, 5) is 15.3. The Morgan fingerprint density at radius 1 is 0.328 bits per heavy atom. The fraction of sp³-hybridized carbons (Fsp3) is 0.0500. The van der Waals surface area contributed by atoms with E-state index in [1.54, 1.807) is 0 Å². The van der Waals surface area contributed by atoms with E-state index < -0.39 is 0 Å². The van der Waals surface area contributed by atoms with Gasteiger partial charge in [-0.1, -0.05) is 170 Å². The molecule has 0 N–H and O–H groups in total. The number of nitrogens with zero attached hydrogens (tertiary/aromatic N) is 3. The molecule has 2 heterocycles. The first-order valence-electron chi connectivity index (χ1n) is 21.9. The molecule has 0 unspecified atom stereocenters. The second-order valence-corrected chi connectivity index (χ2v) is 18.2. The highest BCUT2D eigenvalue weighted by Gasteiger charge is 2.51. The molecule has 11 aromatic rings. The summed E-state index contributed by atoms with van der Waals surface area (Å²) in [5.41, 5.74) is 20.8. The highest BCUT2D eigenvalue weighted by molar-refractivity contribution is 7.26. The Kier molecular flexibility index (Phi) is 8.12. The van der Waals surface area contributed by atoms with Crippen LogP contribution in [0, 0.1) is 13.8 Å². The van der Waals surface area contributed by atoms with Gasteiger partial charge in [0.25, 0.3) is 0 Å². The van der Waals surface area contributed by atoms with Crippen molar-refractivity contribution in [2.45, 2.75) is 19.3 Å². The molecule has 300 valence electrons. The fourth-order valence-electron chi connectivity index (χ4n) is 10.8. The molecular formula is C60H39N3S. The van der Waals surface area contributed by atoms with Crippen molar-refractivity contribution in [3.8, 4) is 78.7 Å². The van der Waals surface area contributed by atoms with Gasteiger partial charge in [-0.15, -0.1) is 11.3 Å². The Bertz CT molecular complexity index is 3590. The Hall–Kier alpha value is -7.79. The van der Waals surface area contributed by atoms with Gasteiger partial charge < -0.3 is 0 Å². The zero-order valence-corrected chi connectivity index (χ0v) is 36.1. The minimum absolute atomic E-state index is 0.357. The topological polar surface area (TPSA) is 38.7 Å². The molecule has 2 aliphatic carbocycles. The van der Waals surface area contributed by atoms with E-state index in [1.165, 1.54) is 92.7 Å². The maximum absolute atomic E-state index is 5.15. The van der Waals surface area contributed by atoms with Gasteiger partial charge in [-0.05, 0) is 122 Å². The summed E-state index contributed by atoms with van der Waals surface area (Å²) in [5, 5.41) is 2.36. The molecule has 0 saturated heterocycles. The Balaban J connectivity index is 0.958. The third-order valence-corrected chi connectivity index (χ3v) is 14.8. The van der Waals surface area contributed by atoms with Gasteiger partial charge in [-0.25, -0.2) is 15.0 Å². The van der Waals surface area contributed by atoms with Gasteiger partial charge >= 0.3 is 0 Å². The van der Waals surface area contributed by atoms with Gasteiger partial charge in [0, 0.05) is 36.9 Å². The molecule has 64 heavy (non-hydrogen) atoms. The quantitative estimate of drug-likeness (QED) is 0.173. The van der Waals surface area contributed by atoms with Crippen molar-refractivity contribution in [1.82, 2.24) is 15.0 Å². The monoisotopic (exact) mass is 833 g/mol. The Morgan fingerprint density at radius 3 is 1.48 bits per heavy atom. The van der Waals surface area contributed by atoms with Crippen LogP contribution in [-0.4, -0.2) is 15.0 Å². The zero-order chi connectivity index (χ0) is 42.5. The number of benzene rings is 9. The number of rotatable bonds is 5. The molecule has 4 heteroatoms. The minimum Gasteiger partial charge on any atom is -0.208 e. The van der Waals surface area contributed by atoms with Gasteiger partial charge in [0.15, 0.2) is 17.5 Å². The predicted octanol–water partition coefficient (Wildman–Crippen LogP) is 15.5. The van der Waals surface area contributed by atoms with E-state index in [4.69, 9.17) is 15.0 Å². The zero-order valence-electron chi connectivity index (χ0n) is 35.3. The average Bonchev–Trinajstić information content (AvgIpc) is 3.98. The number of fused-ring (bicyclic) bond motifs is 13. The van der Waals surface area contributed by atoms with Crippen LogP contribution in [0.5, 0.6) is 0 Å². The maximum atomic E-state index is 5.15. The van der Waals surface area contributed by atoms with Crippen LogP contribution in [0.25, 0.3) is 98.8 Å². The first-order chi connectivity index (χ1) is 31.5. The molecule has 13 rings (SSSR count). The summed E-state index contributed by atoms with van der Waals surface area (Å²) < 4.78 is 2.44. The first kappa shape index (κ1) is 36.8. The maximum Gasteiger partial charge on any atom is 0.164 e. The van der Waals surface area contributed by atoms with Crippen LogP contribution in [0.2, 0.25) is 0 Å². The lowest BCUT2D eigenvalue weighted by molar-refractivity contribution is 0.793. The van der Waals surface area contributed by atoms with Crippen LogP contribution in [0.15, 0.2) is 200 Å². The van der Waals surface area contributed by atoms with Gasteiger partial charge in [-0.3, -0.25) is 0 Å². The SMILES string of the molecule is Cc1ccc(-c2ccc3sc4cccc(-c5nc(-c6ccccc6)nc(-c6ccccc6)n5)c4c3c2)cc1-c1cc2c(cc1C)C1(c3ccccc3-c3ccccc31)c1ccccc1-2. The Morgan fingerprint density at radius 2 is 0.844 bits per heavy atom. The summed E-state index contributed by atoms with van der Waals surface area (Å²) in [6.07, 6.45) is 0. The molecule has 0 fully saturated rings. The molecule has 0 amide bonds. The first-order valence-corrected chi connectivity index (χ1v) is 22.7. The fourth-order valence-corrected chi connectivity index (χ4v) is 11.9. The van der Waals surface area contributed by atoms with Gasteiger partial charge in [0.05, 0.1) is 5.41 Å². The van der Waals surface area contributed by atoms with Gasteiger partial charge in [0.1, 0.15) is 0 Å². The normalized spacial score (nSPS) is 13.0. The van der Waals surface area contributed by atoms with Crippen LogP contribution in [0.4, 0.5) is 0 Å². The van der Waals surface area contributed by atoms with Crippen LogP contribution < -0.4 is 0 Å². The largest absolute Gasteiger partial charge is 0.208 e. The highest BCUT2D eigenvalue weighted by Crippen LogP contribution is 2.63. The summed E-state index contributed by atoms with van der Waals surface area (Å²) in [7, 11) is 0. The number of hydrogen-bond donors (Lipinski definition) is 0. The minimum atomic E-state index is -0.357. The molecule has 0 saturated carbocycles. The standard InChI is InChI=1S/C60H39N3S/c1-36-28-29-40(33-46(36)47-35-48-44-22-11-14-26-52(44)60(53(48)32-37(47)2)50-24-12-9-20-42(50)43-21-10-13-25-51(43)60)41-30-31-54-49(34-41)56-45(23-15-27-55(56)64-54)59-62-57(38-16-5-3-6-17-38)61-58(63-59)39-18-7-4-8-19-39/h3-35H,1-2H3. The van der Waals surface area contributed by atoms with Crippen LogP contribution >= 0.6 is 11.3 Å². The number of hydrogen-bond acceptors (Lipinski definition) is 4. The van der Waals surface area contributed by atoms with E-state index in [1.807, 2.05) is 47.7 Å². The molecule has 2 aliphatic rings. The van der Waals surface area contributed by atoms with E-state index in [2.05, 4.69) is 178 Å². The summed E-state index contributed by atoms with van der Waals surface area (Å²) in [6.45, 7) is 4.54. The van der Waals surface area contributed by atoms with E-state index in [0.717, 1.165) is 22.1 Å². The molecule has 0 radical (unpaired) electrons. The lowest BCUT2D eigenvalue weighted by Gasteiger charge is -2.31. The molecular weight excluding hydrogens is 795 g/mol. The van der Waals surface area contributed by atoms with Crippen molar-refractivity contribution in [2.75, 3.05) is 0 Å². The highest BCUT2D eigenvalue weighted by atomic mass is 32.1. The third-order valence-electron chi connectivity index (χ3n) is 13.6. The van der Waals surface area contributed by atoms with E-state index in [0.29, 0.717) is 17.5 Å². The summed E-state index contributed by atoms with van der Waals surface area (Å²) in [5.74, 6) is 1.99. The van der Waals surface area contributed by atoms with E-state index >= 15 is 0 Å². The Labute approximate surface area is 376 Å². The smallest absolute Gasteiger partial charge is 0.164 e. The second-order valence-electron chi connectivity index (χ2n) is 17.2. The molecule has 0 aliphatic heterocycles. The lowest BCUT2D eigenvalue weighted by atomic mass is 9.70. The van der Waals surface area contributed by atoms with Crippen molar-refractivity contribution >= 4 is 31.5 Å². The van der Waals surface area contributed by atoms with Crippen LogP contribution in [0.3, 0.4) is 0 Å². The molecule has 2 aromatic heterocycles. The lowest BCUT2D eigenvalue weighted by Crippen LogP contribution is -2.25. The van der Waals surface area contributed by atoms with Crippen molar-refractivity contribution in [3.63, 3.8) is 0 Å². The second kappa shape index (κ2) is 14.1. The molecule has 0 atom stereocenters. The average molecular weight is 834 g/mol. The molecule has 1 spiro atoms. The van der Waals surface area contributed by atoms with Crippen LogP contribution in [-0.2, 0) is 5.41 Å². The molecule has 9 aromatic carbocycles. The number of aromatic nitrogens is 3. The van der Waals surface area contributed by atoms with Crippen LogP contribution in [0.1, 0.15) is 33.4 Å². The van der Waals surface area contributed by atoms with Gasteiger partial charge in [0.2, 0.25) is 0 Å². The number of thiophene rings is 1. The predicted molar refractivity (Wildman–Crippen MR) is 266 cm³/mol. The number of aryl methyl sites for hydroxylation is 2. The van der Waals surface area contributed by atoms with Crippen molar-refractivity contribution in [2.24, 2.45) is 0 Å². The third kappa shape index (κ3) is 5.36.